The number of carbonyl (C=O) groups is 3. The fraction of sp³-hybridized carbons (Fsp3) is 0.932. The molecule has 80 heavy (non-hydrogen) atoms. The fourth-order valence-corrected chi connectivity index (χ4v) is 9.81. The number of aliphatic hydroxyl groups is 18. The van der Waals surface area contributed by atoms with Crippen molar-refractivity contribution in [1.82, 2.24) is 16.0 Å². The Balaban J connectivity index is 1.29. The van der Waals surface area contributed by atoms with Crippen LogP contribution in [0.4, 0.5) is 0 Å². The quantitative estimate of drug-likeness (QED) is 0.0399. The van der Waals surface area contributed by atoms with E-state index >= 15 is 0 Å². The highest BCUT2D eigenvalue weighted by molar-refractivity contribution is 5.73. The predicted octanol–water partition coefficient (Wildman–Crippen LogP) is -14.7. The zero-order valence-corrected chi connectivity index (χ0v) is 42.8. The lowest BCUT2D eigenvalue weighted by Crippen LogP contribution is -2.70. The van der Waals surface area contributed by atoms with Crippen LogP contribution in [-0.2, 0) is 71.2 Å². The monoisotopic (exact) mass is 1170 g/mol. The highest BCUT2D eigenvalue weighted by atomic mass is 16.8. The molecule has 6 fully saturated rings. The molecule has 21 N–H and O–H groups in total. The fourth-order valence-electron chi connectivity index (χ4n) is 9.81. The minimum atomic E-state index is -2.30. The second-order valence-corrected chi connectivity index (χ2v) is 19.7. The summed E-state index contributed by atoms with van der Waals surface area (Å²) in [4.78, 5) is 36.2. The standard InChI is InChI=1S/C44H75N3O33/c1-12(55)46-21-26(60)35(77-42-31(65)28(62)23(57)15(4-49)71-42)17(6-51)73-39(21)70-10-20-25(59)38(34(68)44(76-20)79-37-19(8-53)75-41(33(67)30(37)64)69-9-14(3-48)45-11-54)80-40-22(47-13(2)56)27(61)36(18(7-52)74-40)78-43-32(66)29(63)24(58)16(5-50)72-43/h11,14-44,48-53,57-68H,3-10H2,1-2H3,(H,45,54)(H,46,55)(H,47,56)/t14-,15-,16-,17-,18-,19-,20-,21-,22-,23+,24+,25+,26-,27-,28+,29+,30-,31-,32-,33-,34-,35-,36-,37-,38+,39-,40+,41-,42+,43+,44+/m1/s1. The number of hydrogen-bond acceptors (Lipinski definition) is 33. The first-order valence-electron chi connectivity index (χ1n) is 25.3. The van der Waals surface area contributed by atoms with E-state index < -0.39 is 255 Å². The Kier molecular flexibility index (Phi) is 24.7. The van der Waals surface area contributed by atoms with Gasteiger partial charge in [0.2, 0.25) is 18.2 Å². The Morgan fingerprint density at radius 2 is 0.787 bits per heavy atom. The van der Waals surface area contributed by atoms with E-state index in [-0.39, 0.29) is 6.41 Å². The van der Waals surface area contributed by atoms with Crippen LogP contribution in [0.25, 0.3) is 0 Å². The predicted molar refractivity (Wildman–Crippen MR) is 246 cm³/mol. The van der Waals surface area contributed by atoms with Crippen LogP contribution in [0, 0.1) is 0 Å². The first-order valence-corrected chi connectivity index (χ1v) is 25.3. The SMILES string of the molecule is CC(=O)N[C@H]1[C@H](OC[C@H]2O[C@@H](O[C@H]3[C@H](O)[C@@H](O)[C@H](OC[C@@H](CO)NC=O)O[C@@H]3CO)[C@H](O)[C@@H](O[C@@H]3O[C@H](CO)[C@@H](O[C@@H]4O[C@H](CO)[C@H](O)[C@H](O)[C@H]4O)[C@H](O)[C@H]3NC(C)=O)[C@H]2O)O[C@H](CO)[C@@H](O[C@@H]2O[C@H](CO)[C@H](O)[C@H](O)[C@H]2O)[C@@H]1O. The third-order valence-corrected chi connectivity index (χ3v) is 14.2. The molecule has 0 spiro atoms. The maximum atomic E-state index is 12.7. The van der Waals surface area contributed by atoms with E-state index in [4.69, 9.17) is 56.8 Å². The van der Waals surface area contributed by atoms with Crippen molar-refractivity contribution in [3.05, 3.63) is 0 Å². The van der Waals surface area contributed by atoms with Crippen LogP contribution in [0.15, 0.2) is 0 Å². The molecule has 6 heterocycles. The second kappa shape index (κ2) is 29.8. The van der Waals surface area contributed by atoms with E-state index in [0.29, 0.717) is 0 Å². The second-order valence-electron chi connectivity index (χ2n) is 19.7. The van der Waals surface area contributed by atoms with Gasteiger partial charge in [0.1, 0.15) is 146 Å². The summed E-state index contributed by atoms with van der Waals surface area (Å²) in [5.74, 6) is -1.70. The third-order valence-electron chi connectivity index (χ3n) is 14.2. The average molecular weight is 1170 g/mol. The van der Waals surface area contributed by atoms with Gasteiger partial charge in [-0.25, -0.2) is 0 Å². The smallest absolute Gasteiger partial charge is 0.217 e. The number of aliphatic hydroxyl groups excluding tert-OH is 18. The molecule has 0 bridgehead atoms. The van der Waals surface area contributed by atoms with E-state index in [1.165, 1.54) is 0 Å². The average Bonchev–Trinajstić information content (AvgIpc) is 3.43. The number of amides is 3. The van der Waals surface area contributed by atoms with Crippen molar-refractivity contribution in [3.63, 3.8) is 0 Å². The molecule has 0 aromatic rings. The lowest BCUT2D eigenvalue weighted by molar-refractivity contribution is -0.385. The molecule has 0 unspecified atom stereocenters. The van der Waals surface area contributed by atoms with Crippen molar-refractivity contribution in [2.24, 2.45) is 0 Å². The summed E-state index contributed by atoms with van der Waals surface area (Å²) in [5.41, 5.74) is 0. The van der Waals surface area contributed by atoms with Gasteiger partial charge >= 0.3 is 0 Å². The molecule has 36 nitrogen and oxygen atoms in total. The summed E-state index contributed by atoms with van der Waals surface area (Å²) in [6.07, 6.45) is -53.1. The molecule has 6 aliphatic rings. The van der Waals surface area contributed by atoms with E-state index in [0.717, 1.165) is 13.8 Å². The topological polar surface area (TPSA) is 562 Å². The van der Waals surface area contributed by atoms with Crippen LogP contribution < -0.4 is 16.0 Å². The first-order chi connectivity index (χ1) is 38.0. The van der Waals surface area contributed by atoms with Crippen LogP contribution >= 0.6 is 0 Å². The number of ether oxygens (including phenoxy) is 12. The van der Waals surface area contributed by atoms with E-state index in [1.807, 2.05) is 0 Å². The summed E-state index contributed by atoms with van der Waals surface area (Å²) in [5, 5.41) is 200. The highest BCUT2D eigenvalue weighted by Crippen LogP contribution is 2.36. The Bertz CT molecular complexity index is 1920. The van der Waals surface area contributed by atoms with Crippen LogP contribution in [0.1, 0.15) is 13.8 Å². The molecule has 464 valence electrons. The van der Waals surface area contributed by atoms with E-state index in [1.54, 1.807) is 0 Å². The largest absolute Gasteiger partial charge is 0.394 e. The number of hydrogen-bond donors (Lipinski definition) is 21. The molecule has 0 aromatic heterocycles. The molecule has 31 atom stereocenters. The molecule has 0 radical (unpaired) electrons. The van der Waals surface area contributed by atoms with Crippen molar-refractivity contribution in [2.75, 3.05) is 52.9 Å². The van der Waals surface area contributed by atoms with Gasteiger partial charge in [0.15, 0.2) is 37.7 Å². The summed E-state index contributed by atoms with van der Waals surface area (Å²) in [7, 11) is 0. The van der Waals surface area contributed by atoms with Gasteiger partial charge in [0.05, 0.1) is 58.9 Å². The molecule has 0 aromatic carbocycles. The van der Waals surface area contributed by atoms with Crippen LogP contribution in [0.5, 0.6) is 0 Å². The summed E-state index contributed by atoms with van der Waals surface area (Å²) in [6, 6.07) is -4.53. The summed E-state index contributed by atoms with van der Waals surface area (Å²) < 4.78 is 69.2. The molecule has 3 amide bonds. The molecule has 6 aliphatic heterocycles. The molecule has 6 rings (SSSR count). The summed E-state index contributed by atoms with van der Waals surface area (Å²) in [6.45, 7) is -4.87. The van der Waals surface area contributed by atoms with Crippen molar-refractivity contribution in [2.45, 2.75) is 204 Å². The van der Waals surface area contributed by atoms with Gasteiger partial charge in [-0.1, -0.05) is 0 Å². The lowest BCUT2D eigenvalue weighted by atomic mass is 9.94. The van der Waals surface area contributed by atoms with Gasteiger partial charge in [-0.15, -0.1) is 0 Å². The number of rotatable bonds is 24. The van der Waals surface area contributed by atoms with Gasteiger partial charge in [0, 0.05) is 13.8 Å². The first kappa shape index (κ1) is 66.4. The minimum Gasteiger partial charge on any atom is -0.394 e. The normalized spacial score (nSPS) is 46.8. The van der Waals surface area contributed by atoms with Crippen molar-refractivity contribution < 1.29 is 163 Å². The molecule has 0 aliphatic carbocycles. The third kappa shape index (κ3) is 15.0. The van der Waals surface area contributed by atoms with Gasteiger partial charge in [-0.3, -0.25) is 14.4 Å². The molecular formula is C44H75N3O33. The molecule has 0 saturated carbocycles. The number of carbonyl (C=O) groups excluding carboxylic acids is 3. The van der Waals surface area contributed by atoms with Crippen LogP contribution in [0.3, 0.4) is 0 Å². The van der Waals surface area contributed by atoms with Crippen LogP contribution in [0.2, 0.25) is 0 Å². The lowest BCUT2D eigenvalue weighted by Gasteiger charge is -2.50. The molecule has 6 saturated heterocycles. The van der Waals surface area contributed by atoms with E-state index in [9.17, 15) is 106 Å². The highest BCUT2D eigenvalue weighted by Gasteiger charge is 2.57. The van der Waals surface area contributed by atoms with Crippen molar-refractivity contribution in [1.29, 1.82) is 0 Å². The molecule has 36 heteroatoms. The van der Waals surface area contributed by atoms with Gasteiger partial charge in [-0.05, 0) is 0 Å². The summed E-state index contributed by atoms with van der Waals surface area (Å²) >= 11 is 0. The van der Waals surface area contributed by atoms with Crippen molar-refractivity contribution in [3.8, 4) is 0 Å². The Morgan fingerprint density at radius 1 is 0.412 bits per heavy atom. The Morgan fingerprint density at radius 3 is 1.23 bits per heavy atom. The number of nitrogens with one attached hydrogen (secondary N) is 3. The Labute approximate surface area is 453 Å². The zero-order chi connectivity index (χ0) is 59.0. The Hall–Kier alpha value is -2.79. The maximum absolute atomic E-state index is 12.7. The van der Waals surface area contributed by atoms with Gasteiger partial charge in [0.25, 0.3) is 0 Å². The maximum Gasteiger partial charge on any atom is 0.217 e. The zero-order valence-electron chi connectivity index (χ0n) is 42.8. The van der Waals surface area contributed by atoms with Crippen LogP contribution in [-0.4, -0.2) is 353 Å². The van der Waals surface area contributed by atoms with E-state index in [2.05, 4.69) is 16.0 Å². The minimum absolute atomic E-state index is 0.256. The molecular weight excluding hydrogens is 1100 g/mol. The van der Waals surface area contributed by atoms with Gasteiger partial charge in [-0.2, -0.15) is 0 Å². The van der Waals surface area contributed by atoms with Crippen molar-refractivity contribution >= 4 is 18.2 Å². The van der Waals surface area contributed by atoms with Gasteiger partial charge < -0.3 is 165 Å².